The minimum absolute atomic E-state index is 0.534. The summed E-state index contributed by atoms with van der Waals surface area (Å²) < 4.78 is 24.3. The van der Waals surface area contributed by atoms with Crippen molar-refractivity contribution in [3.05, 3.63) is 21.9 Å². The molecule has 0 spiro atoms. The van der Waals surface area contributed by atoms with Gasteiger partial charge in [-0.1, -0.05) is 0 Å². The Balaban J connectivity index is 3.09. The van der Waals surface area contributed by atoms with E-state index in [0.29, 0.717) is 10.9 Å². The van der Waals surface area contributed by atoms with E-state index >= 15 is 0 Å². The van der Waals surface area contributed by atoms with Gasteiger partial charge in [-0.3, -0.25) is 0 Å². The average Bonchev–Trinajstić information content (AvgIpc) is 2.46. The number of aromatic carboxylic acids is 1. The molecule has 1 aromatic heterocycles. The fraction of sp³-hybridized carbons (Fsp3) is 0.333. The van der Waals surface area contributed by atoms with Gasteiger partial charge in [0.15, 0.2) is 5.56 Å². The number of rotatable bonds is 4. The summed E-state index contributed by atoms with van der Waals surface area (Å²) in [6.07, 6.45) is -2.06. The van der Waals surface area contributed by atoms with Crippen LogP contribution >= 0.6 is 0 Å². The SMILES string of the molecule is O=C(O)c1cn(CC(F)F)nc1[N+](=O)[O-]. The van der Waals surface area contributed by atoms with Crippen LogP contribution in [0.5, 0.6) is 0 Å². The molecule has 0 bridgehead atoms. The second-order valence-corrected chi connectivity index (χ2v) is 2.54. The first-order valence-electron chi connectivity index (χ1n) is 3.65. The van der Waals surface area contributed by atoms with Crippen LogP contribution in [0.3, 0.4) is 0 Å². The van der Waals surface area contributed by atoms with E-state index in [1.807, 2.05) is 0 Å². The standard InChI is InChI=1S/C6H5F2N3O4/c7-4(8)2-10-1-3(6(12)13)5(9-10)11(14)15/h1,4H,2H2,(H,12,13). The molecule has 0 aliphatic carbocycles. The predicted molar refractivity (Wildman–Crippen MR) is 41.8 cm³/mol. The molecule has 82 valence electrons. The Morgan fingerprint density at radius 3 is 2.67 bits per heavy atom. The molecule has 0 aliphatic rings. The van der Waals surface area contributed by atoms with Crippen molar-refractivity contribution < 1.29 is 23.6 Å². The third-order valence-corrected chi connectivity index (χ3v) is 1.47. The van der Waals surface area contributed by atoms with Gasteiger partial charge in [-0.05, 0) is 4.92 Å². The van der Waals surface area contributed by atoms with Crippen molar-refractivity contribution in [3.8, 4) is 0 Å². The summed E-state index contributed by atoms with van der Waals surface area (Å²) in [5.41, 5.74) is -0.708. The third-order valence-electron chi connectivity index (χ3n) is 1.47. The Bertz CT molecular complexity index is 372. The first-order valence-corrected chi connectivity index (χ1v) is 3.65. The lowest BCUT2D eigenvalue weighted by Crippen LogP contribution is -2.07. The number of hydrogen-bond donors (Lipinski definition) is 1. The van der Waals surface area contributed by atoms with Crippen LogP contribution in [0.25, 0.3) is 0 Å². The zero-order valence-electron chi connectivity index (χ0n) is 7.13. The molecule has 0 unspecified atom stereocenters. The number of carbonyl (C=O) groups is 1. The minimum atomic E-state index is -2.76. The Hall–Kier alpha value is -2.06. The number of nitrogens with zero attached hydrogens (tertiary/aromatic N) is 3. The maximum Gasteiger partial charge on any atom is 0.404 e. The molecule has 1 rings (SSSR count). The lowest BCUT2D eigenvalue weighted by atomic mass is 10.3. The highest BCUT2D eigenvalue weighted by atomic mass is 19.3. The third kappa shape index (κ3) is 2.45. The molecule has 0 radical (unpaired) electrons. The molecule has 9 heteroatoms. The highest BCUT2D eigenvalue weighted by Crippen LogP contribution is 2.16. The number of aromatic nitrogens is 2. The Labute approximate surface area is 81.1 Å². The second-order valence-electron chi connectivity index (χ2n) is 2.54. The van der Waals surface area contributed by atoms with Gasteiger partial charge >= 0.3 is 11.8 Å². The molecule has 0 aliphatic heterocycles. The molecule has 1 N–H and O–H groups in total. The molecule has 0 fully saturated rings. The first-order chi connectivity index (χ1) is 6.91. The number of carboxylic acids is 1. The van der Waals surface area contributed by atoms with Gasteiger partial charge in [0.2, 0.25) is 0 Å². The van der Waals surface area contributed by atoms with Crippen molar-refractivity contribution in [1.82, 2.24) is 9.78 Å². The molecular weight excluding hydrogens is 216 g/mol. The summed E-state index contributed by atoms with van der Waals surface area (Å²) in [6.45, 7) is -0.881. The van der Waals surface area contributed by atoms with Crippen LogP contribution in [-0.2, 0) is 6.54 Å². The zero-order valence-corrected chi connectivity index (χ0v) is 7.13. The van der Waals surface area contributed by atoms with E-state index in [4.69, 9.17) is 5.11 Å². The number of carboxylic acid groups (broad SMARTS) is 1. The highest BCUT2D eigenvalue weighted by molar-refractivity contribution is 5.91. The molecule has 0 saturated heterocycles. The Kier molecular flexibility index (Phi) is 2.93. The summed E-state index contributed by atoms with van der Waals surface area (Å²) in [7, 11) is 0. The molecule has 7 nitrogen and oxygen atoms in total. The van der Waals surface area contributed by atoms with Crippen LogP contribution in [-0.4, -0.2) is 32.2 Å². The van der Waals surface area contributed by atoms with Crippen molar-refractivity contribution in [1.29, 1.82) is 0 Å². The van der Waals surface area contributed by atoms with Crippen molar-refractivity contribution in [3.63, 3.8) is 0 Å². The lowest BCUT2D eigenvalue weighted by Gasteiger charge is -1.92. The van der Waals surface area contributed by atoms with Gasteiger partial charge in [0.1, 0.15) is 6.54 Å². The van der Waals surface area contributed by atoms with Gasteiger partial charge in [-0.15, -0.1) is 0 Å². The van der Waals surface area contributed by atoms with E-state index in [9.17, 15) is 23.7 Å². The number of hydrogen-bond acceptors (Lipinski definition) is 4. The quantitative estimate of drug-likeness (QED) is 0.597. The van der Waals surface area contributed by atoms with E-state index in [1.165, 1.54) is 0 Å². The highest BCUT2D eigenvalue weighted by Gasteiger charge is 2.26. The first kappa shape index (κ1) is 11.0. The van der Waals surface area contributed by atoms with Gasteiger partial charge in [0.25, 0.3) is 6.43 Å². The minimum Gasteiger partial charge on any atom is -0.477 e. The largest absolute Gasteiger partial charge is 0.477 e. The lowest BCUT2D eigenvalue weighted by molar-refractivity contribution is -0.390. The van der Waals surface area contributed by atoms with Gasteiger partial charge in [0, 0.05) is 0 Å². The second kappa shape index (κ2) is 3.98. The number of alkyl halides is 2. The summed E-state index contributed by atoms with van der Waals surface area (Å²) in [6, 6.07) is 0. The normalized spacial score (nSPS) is 10.6. The molecular formula is C6H5F2N3O4. The molecule has 0 atom stereocenters. The van der Waals surface area contributed by atoms with E-state index in [1.54, 1.807) is 0 Å². The Morgan fingerprint density at radius 2 is 2.33 bits per heavy atom. The van der Waals surface area contributed by atoms with E-state index < -0.39 is 35.2 Å². The van der Waals surface area contributed by atoms with Gasteiger partial charge in [-0.2, -0.15) is 4.68 Å². The maximum atomic E-state index is 11.9. The molecule has 15 heavy (non-hydrogen) atoms. The zero-order chi connectivity index (χ0) is 11.6. The van der Waals surface area contributed by atoms with Crippen molar-refractivity contribution >= 4 is 11.8 Å². The molecule has 1 heterocycles. The molecule has 1 aromatic rings. The van der Waals surface area contributed by atoms with Crippen LogP contribution in [0.15, 0.2) is 6.20 Å². The molecule has 0 saturated carbocycles. The van der Waals surface area contributed by atoms with Crippen molar-refractivity contribution in [2.45, 2.75) is 13.0 Å². The van der Waals surface area contributed by atoms with Crippen LogP contribution in [0, 0.1) is 10.1 Å². The smallest absolute Gasteiger partial charge is 0.404 e. The van der Waals surface area contributed by atoms with E-state index in [0.717, 1.165) is 0 Å². The average molecular weight is 221 g/mol. The Morgan fingerprint density at radius 1 is 1.73 bits per heavy atom. The molecule has 0 aromatic carbocycles. The summed E-state index contributed by atoms with van der Waals surface area (Å²) in [5, 5.41) is 21.9. The summed E-state index contributed by atoms with van der Waals surface area (Å²) in [5.74, 6) is -2.52. The fourth-order valence-corrected chi connectivity index (χ4v) is 0.932. The summed E-state index contributed by atoms with van der Waals surface area (Å²) >= 11 is 0. The van der Waals surface area contributed by atoms with Crippen molar-refractivity contribution in [2.75, 3.05) is 0 Å². The van der Waals surface area contributed by atoms with E-state index in [2.05, 4.69) is 5.10 Å². The monoisotopic (exact) mass is 221 g/mol. The van der Waals surface area contributed by atoms with Crippen LogP contribution in [0.1, 0.15) is 10.4 Å². The van der Waals surface area contributed by atoms with Crippen LogP contribution < -0.4 is 0 Å². The summed E-state index contributed by atoms with van der Waals surface area (Å²) in [4.78, 5) is 19.7. The van der Waals surface area contributed by atoms with Gasteiger partial charge in [0.05, 0.1) is 11.3 Å². The van der Waals surface area contributed by atoms with Gasteiger partial charge in [-0.25, -0.2) is 13.6 Å². The fourth-order valence-electron chi connectivity index (χ4n) is 0.932. The van der Waals surface area contributed by atoms with Crippen molar-refractivity contribution in [2.24, 2.45) is 0 Å². The topological polar surface area (TPSA) is 98.3 Å². The predicted octanol–water partition coefficient (Wildman–Crippen LogP) is 0.755. The molecule has 0 amide bonds. The van der Waals surface area contributed by atoms with Gasteiger partial charge < -0.3 is 15.2 Å². The van der Waals surface area contributed by atoms with Crippen LogP contribution in [0.2, 0.25) is 0 Å². The number of nitro groups is 1. The van der Waals surface area contributed by atoms with E-state index in [-0.39, 0.29) is 0 Å². The number of halogens is 2. The van der Waals surface area contributed by atoms with Crippen LogP contribution in [0.4, 0.5) is 14.6 Å². The maximum absolute atomic E-state index is 11.9.